The summed E-state index contributed by atoms with van der Waals surface area (Å²) in [7, 11) is -8.56. The molecule has 0 atom stereocenters. The van der Waals surface area contributed by atoms with E-state index in [1.807, 2.05) is 0 Å². The predicted molar refractivity (Wildman–Crippen MR) is 91.1 cm³/mol. The number of sulfonamides is 1. The molecule has 9 nitrogen and oxygen atoms in total. The van der Waals surface area contributed by atoms with Crippen molar-refractivity contribution in [3.8, 4) is 5.75 Å². The summed E-state index contributed by atoms with van der Waals surface area (Å²) >= 11 is 0. The molecule has 0 spiro atoms. The number of nitrogens with zero attached hydrogens (tertiary/aromatic N) is 2. The number of para-hydroxylation sites is 1. The molecule has 0 aliphatic rings. The van der Waals surface area contributed by atoms with E-state index in [1.54, 1.807) is 29.0 Å². The number of carbonyl (C=O) groups excluding carboxylic acids is 1. The number of fused-ring (bicyclic) bond motifs is 1. The number of imidazole rings is 1. The first-order chi connectivity index (χ1) is 12.2. The Morgan fingerprint density at radius 2 is 1.69 bits per heavy atom. The van der Waals surface area contributed by atoms with Gasteiger partial charge in [-0.05, 0) is 24.3 Å². The minimum atomic E-state index is -4.58. The van der Waals surface area contributed by atoms with Gasteiger partial charge in [0.2, 0.25) is 0 Å². The van der Waals surface area contributed by atoms with Gasteiger partial charge in [-0.3, -0.25) is 4.40 Å². The van der Waals surface area contributed by atoms with Crippen LogP contribution in [0.2, 0.25) is 0 Å². The van der Waals surface area contributed by atoms with Gasteiger partial charge < -0.3 is 4.74 Å². The highest BCUT2D eigenvalue weighted by molar-refractivity contribution is 7.93. The summed E-state index contributed by atoms with van der Waals surface area (Å²) in [5.41, 5.74) is 0.102. The maximum atomic E-state index is 12.6. The third-order valence-corrected chi connectivity index (χ3v) is 5.68. The van der Waals surface area contributed by atoms with Crippen LogP contribution in [0.25, 0.3) is 5.65 Å². The molecule has 1 amide bonds. The highest BCUT2D eigenvalue weighted by Gasteiger charge is 2.32. The van der Waals surface area contributed by atoms with Crippen LogP contribution < -0.4 is 9.46 Å². The van der Waals surface area contributed by atoms with Gasteiger partial charge in [0, 0.05) is 12.5 Å². The second kappa shape index (κ2) is 6.42. The fourth-order valence-electron chi connectivity index (χ4n) is 2.21. The van der Waals surface area contributed by atoms with Crippen molar-refractivity contribution in [1.82, 2.24) is 14.1 Å². The van der Waals surface area contributed by atoms with E-state index < -0.39 is 36.0 Å². The molecule has 26 heavy (non-hydrogen) atoms. The van der Waals surface area contributed by atoms with E-state index >= 15 is 0 Å². The van der Waals surface area contributed by atoms with Crippen LogP contribution in [0.3, 0.4) is 0 Å². The standard InChI is InChI=1S/C15H13N3O6S2/c1-25(20,21)13-14(18-10-6-5-9-12(18)16-13)26(22,23)17-15(19)24-11-7-3-2-4-8-11/h2-10H,1H3,(H,17,19). The smallest absolute Gasteiger partial charge is 0.410 e. The molecule has 0 aliphatic heterocycles. The summed E-state index contributed by atoms with van der Waals surface area (Å²) in [5.74, 6) is 0.127. The maximum Gasteiger partial charge on any atom is 0.426 e. The number of nitrogens with one attached hydrogen (secondary N) is 1. The Morgan fingerprint density at radius 3 is 2.35 bits per heavy atom. The molecule has 0 saturated heterocycles. The van der Waals surface area contributed by atoms with Crippen LogP contribution in [-0.2, 0) is 19.9 Å². The van der Waals surface area contributed by atoms with Crippen molar-refractivity contribution in [3.05, 3.63) is 54.7 Å². The van der Waals surface area contributed by atoms with Crippen LogP contribution in [-0.4, -0.2) is 38.6 Å². The number of pyridine rings is 1. The zero-order chi connectivity index (χ0) is 18.9. The Labute approximate surface area is 149 Å². The normalized spacial score (nSPS) is 12.0. The van der Waals surface area contributed by atoms with E-state index in [4.69, 9.17) is 4.74 Å². The Bertz CT molecular complexity index is 1180. The number of benzene rings is 1. The lowest BCUT2D eigenvalue weighted by molar-refractivity contribution is 0.206. The molecule has 136 valence electrons. The number of sulfone groups is 1. The molecular formula is C15H13N3O6S2. The lowest BCUT2D eigenvalue weighted by Gasteiger charge is -2.08. The largest absolute Gasteiger partial charge is 0.426 e. The first kappa shape index (κ1) is 17.9. The summed E-state index contributed by atoms with van der Waals surface area (Å²) in [6.45, 7) is 0. The lowest BCUT2D eigenvalue weighted by Crippen LogP contribution is -2.34. The van der Waals surface area contributed by atoms with Gasteiger partial charge in [0.1, 0.15) is 11.4 Å². The average molecular weight is 395 g/mol. The fourth-order valence-corrected chi connectivity index (χ4v) is 4.72. The second-order valence-corrected chi connectivity index (χ2v) is 8.76. The Morgan fingerprint density at radius 1 is 1.04 bits per heavy atom. The Hall–Kier alpha value is -2.92. The highest BCUT2D eigenvalue weighted by Crippen LogP contribution is 2.22. The molecule has 0 radical (unpaired) electrons. The van der Waals surface area contributed by atoms with Crippen molar-refractivity contribution in [2.45, 2.75) is 10.1 Å². The van der Waals surface area contributed by atoms with Crippen molar-refractivity contribution in [2.24, 2.45) is 0 Å². The molecule has 1 aromatic carbocycles. The Kier molecular flexibility index (Phi) is 4.42. The van der Waals surface area contributed by atoms with E-state index in [2.05, 4.69) is 4.98 Å². The van der Waals surface area contributed by atoms with E-state index in [0.29, 0.717) is 0 Å². The average Bonchev–Trinajstić information content (AvgIpc) is 2.96. The van der Waals surface area contributed by atoms with Gasteiger partial charge >= 0.3 is 6.09 Å². The van der Waals surface area contributed by atoms with Gasteiger partial charge in [0.25, 0.3) is 10.0 Å². The number of ether oxygens (including phenoxy) is 1. The summed E-state index contributed by atoms with van der Waals surface area (Å²) in [6, 6.07) is 12.3. The molecule has 3 rings (SSSR count). The first-order valence-corrected chi connectivity index (χ1v) is 10.5. The minimum Gasteiger partial charge on any atom is -0.410 e. The summed E-state index contributed by atoms with van der Waals surface area (Å²) in [6.07, 6.45) is 0.881. The van der Waals surface area contributed by atoms with Crippen LogP contribution in [0, 0.1) is 0 Å². The molecule has 0 saturated carbocycles. The molecule has 0 unspecified atom stereocenters. The third-order valence-electron chi connectivity index (χ3n) is 3.23. The van der Waals surface area contributed by atoms with Crippen LogP contribution in [0.4, 0.5) is 4.79 Å². The van der Waals surface area contributed by atoms with Gasteiger partial charge in [-0.25, -0.2) is 22.9 Å². The third kappa shape index (κ3) is 3.53. The molecular weight excluding hydrogens is 382 g/mol. The first-order valence-electron chi connectivity index (χ1n) is 7.15. The molecule has 1 N–H and O–H groups in total. The second-order valence-electron chi connectivity index (χ2n) is 5.23. The molecule has 2 aromatic heterocycles. The molecule has 0 bridgehead atoms. The predicted octanol–water partition coefficient (Wildman–Crippen LogP) is 1.22. The number of hydrogen-bond acceptors (Lipinski definition) is 7. The summed E-state index contributed by atoms with van der Waals surface area (Å²) in [4.78, 5) is 15.8. The molecule has 0 aliphatic carbocycles. The van der Waals surface area contributed by atoms with Gasteiger partial charge in [-0.2, -0.15) is 8.42 Å². The van der Waals surface area contributed by atoms with E-state index in [9.17, 15) is 21.6 Å². The zero-order valence-electron chi connectivity index (χ0n) is 13.4. The van der Waals surface area contributed by atoms with Crippen molar-refractivity contribution in [2.75, 3.05) is 6.26 Å². The van der Waals surface area contributed by atoms with E-state index in [1.165, 1.54) is 30.5 Å². The number of amides is 1. The topological polar surface area (TPSA) is 124 Å². The van der Waals surface area contributed by atoms with E-state index in [0.717, 1.165) is 10.7 Å². The fraction of sp³-hybridized carbons (Fsp3) is 0.0667. The number of hydrogen-bond donors (Lipinski definition) is 1. The van der Waals surface area contributed by atoms with Crippen molar-refractivity contribution >= 4 is 31.6 Å². The van der Waals surface area contributed by atoms with Gasteiger partial charge in [0.05, 0.1) is 0 Å². The summed E-state index contributed by atoms with van der Waals surface area (Å²) in [5, 5.41) is -1.33. The molecule has 2 heterocycles. The Balaban J connectivity index is 2.03. The molecule has 11 heteroatoms. The van der Waals surface area contributed by atoms with Gasteiger partial charge in [-0.15, -0.1) is 0 Å². The molecule has 3 aromatic rings. The van der Waals surface area contributed by atoms with Gasteiger partial charge in [-0.1, -0.05) is 24.3 Å². The van der Waals surface area contributed by atoms with Crippen LogP contribution in [0.5, 0.6) is 5.75 Å². The van der Waals surface area contributed by atoms with Crippen molar-refractivity contribution < 1.29 is 26.4 Å². The quantitative estimate of drug-likeness (QED) is 0.704. The summed E-state index contributed by atoms with van der Waals surface area (Å²) < 4.78 is 56.8. The van der Waals surface area contributed by atoms with Gasteiger partial charge in [0.15, 0.2) is 19.9 Å². The van der Waals surface area contributed by atoms with Crippen molar-refractivity contribution in [1.29, 1.82) is 0 Å². The highest BCUT2D eigenvalue weighted by atomic mass is 32.2. The van der Waals surface area contributed by atoms with E-state index in [-0.39, 0.29) is 11.4 Å². The monoisotopic (exact) mass is 395 g/mol. The molecule has 0 fully saturated rings. The number of carbonyl (C=O) groups is 1. The SMILES string of the molecule is CS(=O)(=O)c1nc2ccccn2c1S(=O)(=O)NC(=O)Oc1ccccc1. The number of aromatic nitrogens is 2. The van der Waals surface area contributed by atoms with Crippen LogP contribution in [0.15, 0.2) is 64.8 Å². The lowest BCUT2D eigenvalue weighted by atomic mass is 10.3. The minimum absolute atomic E-state index is 0.102. The van der Waals surface area contributed by atoms with Crippen LogP contribution in [0.1, 0.15) is 0 Å². The number of rotatable bonds is 4. The zero-order valence-corrected chi connectivity index (χ0v) is 15.0. The van der Waals surface area contributed by atoms with Crippen molar-refractivity contribution in [3.63, 3.8) is 0 Å². The maximum absolute atomic E-state index is 12.6. The van der Waals surface area contributed by atoms with Crippen LogP contribution >= 0.6 is 0 Å².